The maximum atomic E-state index is 6.13. The Morgan fingerprint density at radius 3 is 2.88 bits per heavy atom. The van der Waals surface area contributed by atoms with E-state index in [-0.39, 0.29) is 5.72 Å². The molecule has 3 nitrogen and oxygen atoms in total. The third-order valence-corrected chi connectivity index (χ3v) is 8.52. The summed E-state index contributed by atoms with van der Waals surface area (Å²) in [6, 6.07) is 0. The molecule has 1 aliphatic heterocycles. The molecule has 3 saturated carbocycles. The Morgan fingerprint density at radius 2 is 2.08 bits per heavy atom. The van der Waals surface area contributed by atoms with Crippen LogP contribution in [0.3, 0.4) is 0 Å². The van der Waals surface area contributed by atoms with Crippen LogP contribution < -0.4 is 5.32 Å². The smallest absolute Gasteiger partial charge is 0.119 e. The first-order valence-electron chi connectivity index (χ1n) is 10.3. The molecule has 24 heavy (non-hydrogen) atoms. The number of nitrogens with one attached hydrogen (secondary N) is 1. The molecule has 5 rings (SSSR count). The van der Waals surface area contributed by atoms with Gasteiger partial charge in [-0.15, -0.1) is 0 Å². The number of allylic oxidation sites excluding steroid dienone is 2. The summed E-state index contributed by atoms with van der Waals surface area (Å²) in [5.41, 5.74) is 2.27. The molecule has 1 N–H and O–H groups in total. The fourth-order valence-corrected chi connectivity index (χ4v) is 7.37. The van der Waals surface area contributed by atoms with Gasteiger partial charge in [0.2, 0.25) is 0 Å². The van der Waals surface area contributed by atoms with Gasteiger partial charge in [0.15, 0.2) is 0 Å². The minimum Gasteiger partial charge on any atom is -0.381 e. The van der Waals surface area contributed by atoms with Crippen molar-refractivity contribution in [3.63, 3.8) is 0 Å². The lowest BCUT2D eigenvalue weighted by Crippen LogP contribution is -2.51. The van der Waals surface area contributed by atoms with Crippen LogP contribution in [0, 0.1) is 29.1 Å². The van der Waals surface area contributed by atoms with E-state index in [9.17, 15) is 0 Å². The summed E-state index contributed by atoms with van der Waals surface area (Å²) < 4.78 is 12.0. The van der Waals surface area contributed by atoms with Crippen molar-refractivity contribution < 1.29 is 9.47 Å². The highest BCUT2D eigenvalue weighted by atomic mass is 16.5. The predicted molar refractivity (Wildman–Crippen MR) is 94.6 cm³/mol. The Bertz CT molecular complexity index is 538. The number of ether oxygens (including phenoxy) is 2. The van der Waals surface area contributed by atoms with Gasteiger partial charge in [-0.2, -0.15) is 0 Å². The zero-order valence-electron chi connectivity index (χ0n) is 15.4. The van der Waals surface area contributed by atoms with Crippen LogP contribution in [0.4, 0.5) is 0 Å². The number of methoxy groups -OCH3 is 1. The summed E-state index contributed by atoms with van der Waals surface area (Å²) >= 11 is 0. The largest absolute Gasteiger partial charge is 0.381 e. The van der Waals surface area contributed by atoms with Gasteiger partial charge in [0.1, 0.15) is 5.72 Å². The van der Waals surface area contributed by atoms with Crippen LogP contribution in [-0.4, -0.2) is 32.1 Å². The van der Waals surface area contributed by atoms with Crippen LogP contribution >= 0.6 is 0 Å². The van der Waals surface area contributed by atoms with E-state index in [4.69, 9.17) is 9.47 Å². The highest BCUT2D eigenvalue weighted by Gasteiger charge is 2.55. The van der Waals surface area contributed by atoms with Gasteiger partial charge in [0, 0.05) is 19.1 Å². The molecular weight excluding hydrogens is 298 g/mol. The van der Waals surface area contributed by atoms with Crippen LogP contribution in [0.2, 0.25) is 0 Å². The third kappa shape index (κ3) is 2.13. The predicted octanol–water partition coefficient (Wildman–Crippen LogP) is 3.89. The van der Waals surface area contributed by atoms with E-state index in [1.165, 1.54) is 51.4 Å². The molecule has 3 heteroatoms. The SMILES string of the molecule is CO[C@H]1CCC2C3CCC4CC5(CCC4C3=CCC21C)NCCO5. The molecule has 1 saturated heterocycles. The lowest BCUT2D eigenvalue weighted by molar-refractivity contribution is -0.0770. The minimum absolute atomic E-state index is 0.0340. The van der Waals surface area contributed by atoms with Crippen LogP contribution in [-0.2, 0) is 9.47 Å². The summed E-state index contributed by atoms with van der Waals surface area (Å²) in [7, 11) is 1.92. The Kier molecular flexibility index (Phi) is 3.67. The lowest BCUT2D eigenvalue weighted by Gasteiger charge is -2.53. The van der Waals surface area contributed by atoms with E-state index in [1.54, 1.807) is 0 Å². The standard InChI is InChI=1S/C21H33NO2/c1-20-9-7-16-15-8-10-21(22-11-12-24-21)13-14(15)3-4-17(16)18(20)5-6-19(20)23-2/h7,14-15,17-19,22H,3-6,8-13H2,1-2H3/t14?,15?,17?,18?,19-,20?,21?/m0/s1. The number of hydrogen-bond acceptors (Lipinski definition) is 3. The molecule has 0 aromatic carbocycles. The zero-order valence-corrected chi connectivity index (χ0v) is 15.4. The molecule has 0 bridgehead atoms. The molecule has 1 heterocycles. The summed E-state index contributed by atoms with van der Waals surface area (Å²) in [5, 5.41) is 3.68. The molecule has 5 aliphatic rings. The van der Waals surface area contributed by atoms with Gasteiger partial charge in [0.25, 0.3) is 0 Å². The van der Waals surface area contributed by atoms with Crippen molar-refractivity contribution in [1.29, 1.82) is 0 Å². The third-order valence-electron chi connectivity index (χ3n) is 8.52. The summed E-state index contributed by atoms with van der Waals surface area (Å²) in [6.07, 6.45) is 13.6. The van der Waals surface area contributed by atoms with Crippen molar-refractivity contribution in [3.05, 3.63) is 11.6 Å². The molecule has 7 atom stereocenters. The molecule has 4 fully saturated rings. The van der Waals surface area contributed by atoms with Gasteiger partial charge < -0.3 is 9.47 Å². The van der Waals surface area contributed by atoms with E-state index >= 15 is 0 Å². The maximum Gasteiger partial charge on any atom is 0.119 e. The second kappa shape index (κ2) is 5.56. The van der Waals surface area contributed by atoms with Crippen LogP contribution in [0.1, 0.15) is 58.3 Å². The number of hydrogen-bond donors (Lipinski definition) is 1. The van der Waals surface area contributed by atoms with Crippen LogP contribution in [0.15, 0.2) is 11.6 Å². The van der Waals surface area contributed by atoms with Gasteiger partial charge in [0.05, 0.1) is 12.7 Å². The van der Waals surface area contributed by atoms with Crippen molar-refractivity contribution in [2.45, 2.75) is 70.1 Å². The fraction of sp³-hybridized carbons (Fsp3) is 0.905. The second-order valence-corrected chi connectivity index (χ2v) is 9.38. The minimum atomic E-state index is 0.0340. The first-order valence-corrected chi connectivity index (χ1v) is 10.3. The molecular formula is C21H33NO2. The van der Waals surface area contributed by atoms with Crippen LogP contribution in [0.25, 0.3) is 0 Å². The second-order valence-electron chi connectivity index (χ2n) is 9.38. The lowest BCUT2D eigenvalue weighted by atomic mass is 9.54. The number of rotatable bonds is 1. The summed E-state index contributed by atoms with van der Waals surface area (Å²) in [4.78, 5) is 0. The van der Waals surface area contributed by atoms with E-state index in [0.29, 0.717) is 11.5 Å². The molecule has 6 unspecified atom stereocenters. The van der Waals surface area contributed by atoms with E-state index in [2.05, 4.69) is 18.3 Å². The Hall–Kier alpha value is -0.380. The Balaban J connectivity index is 1.39. The molecule has 1 spiro atoms. The van der Waals surface area contributed by atoms with E-state index in [0.717, 1.165) is 36.8 Å². The van der Waals surface area contributed by atoms with Crippen LogP contribution in [0.5, 0.6) is 0 Å². The highest BCUT2D eigenvalue weighted by Crippen LogP contribution is 2.61. The summed E-state index contributed by atoms with van der Waals surface area (Å²) in [5.74, 6) is 3.39. The van der Waals surface area contributed by atoms with Crippen molar-refractivity contribution in [1.82, 2.24) is 5.32 Å². The first kappa shape index (κ1) is 15.8. The van der Waals surface area contributed by atoms with Gasteiger partial charge in [-0.25, -0.2) is 0 Å². The van der Waals surface area contributed by atoms with Gasteiger partial charge >= 0.3 is 0 Å². The van der Waals surface area contributed by atoms with Crippen molar-refractivity contribution in [3.8, 4) is 0 Å². The van der Waals surface area contributed by atoms with E-state index in [1.807, 2.05) is 12.7 Å². The monoisotopic (exact) mass is 331 g/mol. The molecule has 0 radical (unpaired) electrons. The normalized spacial score (nSPS) is 53.4. The quantitative estimate of drug-likeness (QED) is 0.740. The topological polar surface area (TPSA) is 30.5 Å². The highest BCUT2D eigenvalue weighted by molar-refractivity contribution is 5.25. The van der Waals surface area contributed by atoms with Crippen molar-refractivity contribution in [2.75, 3.05) is 20.3 Å². The summed E-state index contributed by atoms with van der Waals surface area (Å²) in [6.45, 7) is 4.45. The van der Waals surface area contributed by atoms with Crippen molar-refractivity contribution in [2.24, 2.45) is 29.1 Å². The molecule has 134 valence electrons. The fourth-order valence-electron chi connectivity index (χ4n) is 7.37. The first-order chi connectivity index (χ1) is 11.7. The van der Waals surface area contributed by atoms with Gasteiger partial charge in [-0.3, -0.25) is 5.32 Å². The number of fused-ring (bicyclic) bond motifs is 5. The van der Waals surface area contributed by atoms with Crippen molar-refractivity contribution >= 4 is 0 Å². The van der Waals surface area contributed by atoms with Gasteiger partial charge in [-0.1, -0.05) is 18.6 Å². The average Bonchev–Trinajstić information content (AvgIpc) is 3.18. The molecule has 0 aromatic heterocycles. The average molecular weight is 332 g/mol. The van der Waals surface area contributed by atoms with Gasteiger partial charge in [-0.05, 0) is 75.0 Å². The molecule has 0 aromatic rings. The Morgan fingerprint density at radius 1 is 1.17 bits per heavy atom. The maximum absolute atomic E-state index is 6.13. The zero-order chi connectivity index (χ0) is 16.4. The molecule has 4 aliphatic carbocycles. The Labute approximate surface area is 146 Å². The molecule has 0 amide bonds. The van der Waals surface area contributed by atoms with E-state index < -0.39 is 0 Å².